The highest BCUT2D eigenvalue weighted by Gasteiger charge is 2.30. The van der Waals surface area contributed by atoms with Crippen molar-refractivity contribution in [2.45, 2.75) is 12.8 Å². The number of likely N-dealkylation sites (tertiary alicyclic amines) is 1. The fourth-order valence-corrected chi connectivity index (χ4v) is 3.54. The van der Waals surface area contributed by atoms with Crippen molar-refractivity contribution in [2.75, 3.05) is 38.3 Å². The van der Waals surface area contributed by atoms with E-state index in [-0.39, 0.29) is 30.9 Å². The molecule has 28 heavy (non-hydrogen) atoms. The summed E-state index contributed by atoms with van der Waals surface area (Å²) in [5, 5.41) is 9.41. The Kier molecular flexibility index (Phi) is 6.66. The van der Waals surface area contributed by atoms with Gasteiger partial charge < -0.3 is 14.7 Å². The monoisotopic (exact) mass is 382 g/mol. The molecule has 2 aromatic rings. The number of Topliss-reactive ketones (excluding diaryl/α,β-unsaturated/α-hetero) is 1. The number of rotatable bonds is 6. The molecule has 0 aromatic heterocycles. The Morgan fingerprint density at radius 3 is 2.29 bits per heavy atom. The molecule has 6 heteroatoms. The van der Waals surface area contributed by atoms with Crippen LogP contribution in [-0.2, 0) is 0 Å². The summed E-state index contributed by atoms with van der Waals surface area (Å²) in [5.74, 6) is 0.800. The number of hydrogen-bond donors (Lipinski definition) is 1. The van der Waals surface area contributed by atoms with Crippen LogP contribution in [0.25, 0.3) is 0 Å². The van der Waals surface area contributed by atoms with E-state index in [0.717, 1.165) is 5.56 Å². The highest BCUT2D eigenvalue weighted by molar-refractivity contribution is 5.98. The molecule has 148 valence electrons. The molecule has 3 rings (SSSR count). The average Bonchev–Trinajstić information content (AvgIpc) is 2.77. The minimum Gasteiger partial charge on any atom is -0.497 e. The summed E-state index contributed by atoms with van der Waals surface area (Å²) in [4.78, 5) is 29.0. The van der Waals surface area contributed by atoms with Crippen LogP contribution in [0, 0.1) is 5.92 Å². The van der Waals surface area contributed by atoms with Gasteiger partial charge in [0, 0.05) is 30.3 Å². The molecule has 1 aliphatic rings. The average molecular weight is 382 g/mol. The number of carbonyl (C=O) groups is 2. The Morgan fingerprint density at radius 2 is 1.71 bits per heavy atom. The van der Waals surface area contributed by atoms with E-state index in [2.05, 4.69) is 0 Å². The van der Waals surface area contributed by atoms with Crippen molar-refractivity contribution < 1.29 is 19.4 Å². The topological polar surface area (TPSA) is 70.1 Å². The van der Waals surface area contributed by atoms with Gasteiger partial charge in [0.15, 0.2) is 5.78 Å². The van der Waals surface area contributed by atoms with Crippen molar-refractivity contribution in [1.29, 1.82) is 0 Å². The first-order valence-corrected chi connectivity index (χ1v) is 9.54. The molecule has 0 bridgehead atoms. The van der Waals surface area contributed by atoms with Crippen LogP contribution in [0.5, 0.6) is 5.75 Å². The number of nitrogens with zero attached hydrogens (tertiary/aromatic N) is 2. The summed E-state index contributed by atoms with van der Waals surface area (Å²) in [6.07, 6.45) is 1.30. The van der Waals surface area contributed by atoms with Gasteiger partial charge in [-0.15, -0.1) is 0 Å². The number of anilines is 1. The molecule has 0 atom stereocenters. The molecule has 0 saturated carbocycles. The van der Waals surface area contributed by atoms with Crippen molar-refractivity contribution in [2.24, 2.45) is 5.92 Å². The first-order valence-electron chi connectivity index (χ1n) is 9.54. The van der Waals surface area contributed by atoms with Gasteiger partial charge in [-0.1, -0.05) is 30.3 Å². The SMILES string of the molecule is COc1ccc(N(CCO)C(=O)N2CCC(C(=O)c3ccccc3)CC2)cc1. The smallest absolute Gasteiger partial charge is 0.324 e. The van der Waals surface area contributed by atoms with Crippen LogP contribution in [0.15, 0.2) is 54.6 Å². The number of ether oxygens (including phenoxy) is 1. The maximum absolute atomic E-state index is 13.0. The predicted molar refractivity (Wildman–Crippen MR) is 108 cm³/mol. The van der Waals surface area contributed by atoms with Crippen molar-refractivity contribution in [1.82, 2.24) is 4.90 Å². The molecular formula is C22H26N2O4. The Balaban J connectivity index is 1.64. The molecule has 1 fully saturated rings. The molecule has 1 heterocycles. The van der Waals surface area contributed by atoms with Gasteiger partial charge in [-0.2, -0.15) is 0 Å². The van der Waals surface area contributed by atoms with E-state index < -0.39 is 0 Å². The zero-order valence-electron chi connectivity index (χ0n) is 16.1. The van der Waals surface area contributed by atoms with Crippen LogP contribution >= 0.6 is 0 Å². The second-order valence-electron chi connectivity index (χ2n) is 6.85. The summed E-state index contributed by atoms with van der Waals surface area (Å²) in [7, 11) is 1.59. The van der Waals surface area contributed by atoms with E-state index >= 15 is 0 Å². The zero-order chi connectivity index (χ0) is 19.9. The van der Waals surface area contributed by atoms with Crippen molar-refractivity contribution >= 4 is 17.5 Å². The Morgan fingerprint density at radius 1 is 1.07 bits per heavy atom. The molecule has 0 spiro atoms. The van der Waals surface area contributed by atoms with Crippen LogP contribution in [0.2, 0.25) is 0 Å². The molecule has 0 unspecified atom stereocenters. The summed E-state index contributed by atoms with van der Waals surface area (Å²) >= 11 is 0. The number of urea groups is 1. The minimum atomic E-state index is -0.148. The van der Waals surface area contributed by atoms with Crippen LogP contribution < -0.4 is 9.64 Å². The number of methoxy groups -OCH3 is 1. The van der Waals surface area contributed by atoms with Crippen LogP contribution in [0.1, 0.15) is 23.2 Å². The third kappa shape index (κ3) is 4.51. The van der Waals surface area contributed by atoms with Crippen LogP contribution in [0.4, 0.5) is 10.5 Å². The Labute approximate surface area is 165 Å². The quantitative estimate of drug-likeness (QED) is 0.779. The maximum atomic E-state index is 13.0. The third-order valence-corrected chi connectivity index (χ3v) is 5.13. The second kappa shape index (κ2) is 9.37. The molecule has 6 nitrogen and oxygen atoms in total. The fraction of sp³-hybridized carbons (Fsp3) is 0.364. The van der Waals surface area contributed by atoms with E-state index in [1.807, 2.05) is 30.3 Å². The van der Waals surface area contributed by atoms with Crippen molar-refractivity contribution in [3.05, 3.63) is 60.2 Å². The molecule has 1 saturated heterocycles. The lowest BCUT2D eigenvalue weighted by Crippen LogP contribution is -2.48. The first kappa shape index (κ1) is 19.9. The summed E-state index contributed by atoms with van der Waals surface area (Å²) in [6.45, 7) is 1.15. The summed E-state index contributed by atoms with van der Waals surface area (Å²) in [6, 6.07) is 16.4. The highest BCUT2D eigenvalue weighted by atomic mass is 16.5. The first-order chi connectivity index (χ1) is 13.6. The number of carbonyl (C=O) groups excluding carboxylic acids is 2. The maximum Gasteiger partial charge on any atom is 0.324 e. The largest absolute Gasteiger partial charge is 0.497 e. The van der Waals surface area contributed by atoms with Gasteiger partial charge in [0.25, 0.3) is 0 Å². The van der Waals surface area contributed by atoms with Crippen molar-refractivity contribution in [3.63, 3.8) is 0 Å². The lowest BCUT2D eigenvalue weighted by Gasteiger charge is -2.35. The van der Waals surface area contributed by atoms with Gasteiger partial charge in [0.2, 0.25) is 0 Å². The number of benzene rings is 2. The Bertz CT molecular complexity index is 784. The number of amides is 2. The Hall–Kier alpha value is -2.86. The van der Waals surface area contributed by atoms with E-state index in [4.69, 9.17) is 4.74 Å². The number of ketones is 1. The lowest BCUT2D eigenvalue weighted by atomic mass is 9.89. The molecule has 0 aliphatic carbocycles. The summed E-state index contributed by atoms with van der Waals surface area (Å²) < 4.78 is 5.16. The number of aliphatic hydroxyl groups is 1. The molecule has 2 amide bonds. The second-order valence-corrected chi connectivity index (χ2v) is 6.85. The molecular weight excluding hydrogens is 356 g/mol. The van der Waals surface area contributed by atoms with E-state index in [0.29, 0.717) is 37.4 Å². The van der Waals surface area contributed by atoms with Gasteiger partial charge in [-0.05, 0) is 37.1 Å². The minimum absolute atomic E-state index is 0.0567. The molecule has 1 aliphatic heterocycles. The normalized spacial score (nSPS) is 14.6. The summed E-state index contributed by atoms with van der Waals surface area (Å²) in [5.41, 5.74) is 1.44. The molecule has 2 aromatic carbocycles. The van der Waals surface area contributed by atoms with Crippen LogP contribution in [-0.4, -0.2) is 55.2 Å². The number of aliphatic hydroxyl groups excluding tert-OH is 1. The predicted octanol–water partition coefficient (Wildman–Crippen LogP) is 3.21. The highest BCUT2D eigenvalue weighted by Crippen LogP contribution is 2.25. The lowest BCUT2D eigenvalue weighted by molar-refractivity contribution is 0.0857. The van der Waals surface area contributed by atoms with E-state index in [1.165, 1.54) is 0 Å². The van der Waals surface area contributed by atoms with Gasteiger partial charge in [-0.25, -0.2) is 4.79 Å². The molecule has 1 N–H and O–H groups in total. The van der Waals surface area contributed by atoms with Crippen molar-refractivity contribution in [3.8, 4) is 5.75 Å². The third-order valence-electron chi connectivity index (χ3n) is 5.13. The van der Waals surface area contributed by atoms with Gasteiger partial charge >= 0.3 is 6.03 Å². The zero-order valence-corrected chi connectivity index (χ0v) is 16.1. The van der Waals surface area contributed by atoms with Crippen LogP contribution in [0.3, 0.4) is 0 Å². The van der Waals surface area contributed by atoms with E-state index in [1.54, 1.807) is 41.2 Å². The molecule has 0 radical (unpaired) electrons. The number of piperidine rings is 1. The number of hydrogen-bond acceptors (Lipinski definition) is 4. The standard InChI is InChI=1S/C22H26N2O4/c1-28-20-9-7-19(8-10-20)24(15-16-25)22(27)23-13-11-18(12-14-23)21(26)17-5-3-2-4-6-17/h2-10,18,25H,11-16H2,1H3. The van der Waals surface area contributed by atoms with Gasteiger partial charge in [0.1, 0.15) is 5.75 Å². The fourth-order valence-electron chi connectivity index (χ4n) is 3.54. The van der Waals surface area contributed by atoms with E-state index in [9.17, 15) is 14.7 Å². The van der Waals surface area contributed by atoms with Gasteiger partial charge in [0.05, 0.1) is 20.3 Å². The van der Waals surface area contributed by atoms with Gasteiger partial charge in [-0.3, -0.25) is 9.69 Å².